The van der Waals surface area contributed by atoms with Gasteiger partial charge in [0.1, 0.15) is 0 Å². The number of aliphatic carboxylic acids is 1. The molecular weight excluding hydrogens is 232 g/mol. The van der Waals surface area contributed by atoms with Crippen molar-refractivity contribution in [1.82, 2.24) is 4.68 Å². The van der Waals surface area contributed by atoms with Gasteiger partial charge in [0, 0.05) is 18.3 Å². The van der Waals surface area contributed by atoms with Crippen LogP contribution in [0.5, 0.6) is 0 Å². The molecule has 0 fully saturated rings. The van der Waals surface area contributed by atoms with E-state index in [1.807, 2.05) is 13.8 Å². The van der Waals surface area contributed by atoms with E-state index in [2.05, 4.69) is 5.43 Å². The molecule has 2 N–H and O–H groups in total. The van der Waals surface area contributed by atoms with Crippen molar-refractivity contribution in [2.45, 2.75) is 33.6 Å². The van der Waals surface area contributed by atoms with Gasteiger partial charge in [-0.2, -0.15) is 0 Å². The Kier molecular flexibility index (Phi) is 4.53. The van der Waals surface area contributed by atoms with Gasteiger partial charge in [-0.1, -0.05) is 13.8 Å². The van der Waals surface area contributed by atoms with E-state index in [0.717, 1.165) is 0 Å². The largest absolute Gasteiger partial charge is 0.481 e. The molecule has 18 heavy (non-hydrogen) atoms. The first kappa shape index (κ1) is 14.3. The normalized spacial score (nSPS) is 12.5. The Morgan fingerprint density at radius 3 is 2.56 bits per heavy atom. The van der Waals surface area contributed by atoms with Crippen molar-refractivity contribution in [2.75, 3.05) is 12.0 Å². The summed E-state index contributed by atoms with van der Waals surface area (Å²) in [5, 5.41) is 9.02. The third-order valence-corrected chi connectivity index (χ3v) is 2.82. The number of carbonyl (C=O) groups is 1. The molecule has 1 rings (SSSR count). The molecule has 0 aliphatic heterocycles. The molecule has 0 saturated carbocycles. The molecule has 5 nitrogen and oxygen atoms in total. The van der Waals surface area contributed by atoms with E-state index < -0.39 is 11.9 Å². The molecule has 0 amide bonds. The maximum atomic E-state index is 12.2. The highest BCUT2D eigenvalue weighted by Gasteiger charge is 2.20. The van der Waals surface area contributed by atoms with E-state index in [-0.39, 0.29) is 5.56 Å². The number of hydrogen-bond donors (Lipinski definition) is 2. The summed E-state index contributed by atoms with van der Waals surface area (Å²) in [5.41, 5.74) is 3.74. The highest BCUT2D eigenvalue weighted by atomic mass is 16.4. The zero-order chi connectivity index (χ0) is 13.9. The summed E-state index contributed by atoms with van der Waals surface area (Å²) in [4.78, 5) is 23.2. The van der Waals surface area contributed by atoms with Crippen LogP contribution in [0.4, 0.5) is 0 Å². The zero-order valence-electron chi connectivity index (χ0n) is 11.2. The summed E-state index contributed by atoms with van der Waals surface area (Å²) in [6, 6.07) is 1.75. The minimum atomic E-state index is -0.989. The number of nitrogens with one attached hydrogen (secondary N) is 1. The summed E-state index contributed by atoms with van der Waals surface area (Å²) >= 11 is 0. The monoisotopic (exact) mass is 252 g/mol. The molecule has 1 aromatic heterocycles. The average Bonchev–Trinajstić information content (AvgIpc) is 2.27. The van der Waals surface area contributed by atoms with Gasteiger partial charge < -0.3 is 10.5 Å². The van der Waals surface area contributed by atoms with Crippen LogP contribution >= 0.6 is 0 Å². The smallest absolute Gasteiger partial charge is 0.310 e. The Morgan fingerprint density at radius 2 is 2.06 bits per heavy atom. The highest BCUT2D eigenvalue weighted by Crippen LogP contribution is 2.15. The lowest BCUT2D eigenvalue weighted by Crippen LogP contribution is -2.34. The molecule has 5 heteroatoms. The van der Waals surface area contributed by atoms with Gasteiger partial charge in [0.2, 0.25) is 0 Å². The first-order valence-electron chi connectivity index (χ1n) is 6.03. The van der Waals surface area contributed by atoms with Gasteiger partial charge in [-0.15, -0.1) is 0 Å². The Balaban J connectivity index is 3.15. The number of pyridine rings is 1. The summed E-state index contributed by atoms with van der Waals surface area (Å²) in [6.45, 7) is 8.01. The predicted octanol–water partition coefficient (Wildman–Crippen LogP) is 1.54. The van der Waals surface area contributed by atoms with Gasteiger partial charge in [-0.3, -0.25) is 9.59 Å². The summed E-state index contributed by atoms with van der Waals surface area (Å²) in [6.07, 6.45) is 1.64. The zero-order valence-corrected chi connectivity index (χ0v) is 11.2. The van der Waals surface area contributed by atoms with Crippen LogP contribution in [0.15, 0.2) is 17.1 Å². The predicted molar refractivity (Wildman–Crippen MR) is 70.6 cm³/mol. The average molecular weight is 252 g/mol. The standard InChI is InChI=1S/C13H20N2O3/c1-8(2)7-14-15-6-5-9(3)11(12(15)16)10(4)13(17)18/h5-6,8,10,14H,7H2,1-4H3,(H,17,18). The fraction of sp³-hybridized carbons (Fsp3) is 0.538. The van der Waals surface area contributed by atoms with Gasteiger partial charge in [-0.25, -0.2) is 4.68 Å². The number of aromatic nitrogens is 1. The van der Waals surface area contributed by atoms with Crippen LogP contribution in [-0.2, 0) is 4.79 Å². The topological polar surface area (TPSA) is 71.3 Å². The number of carboxylic acid groups (broad SMARTS) is 1. The SMILES string of the molecule is Cc1ccn(NCC(C)C)c(=O)c1C(C)C(=O)O. The van der Waals surface area contributed by atoms with Crippen molar-refractivity contribution in [1.29, 1.82) is 0 Å². The Labute approximate surface area is 106 Å². The lowest BCUT2D eigenvalue weighted by Gasteiger charge is -2.15. The molecule has 0 saturated heterocycles. The molecular formula is C13H20N2O3. The molecule has 0 aliphatic carbocycles. The highest BCUT2D eigenvalue weighted by molar-refractivity contribution is 5.75. The van der Waals surface area contributed by atoms with Crippen LogP contribution in [0.2, 0.25) is 0 Å². The van der Waals surface area contributed by atoms with Crippen LogP contribution in [0.25, 0.3) is 0 Å². The fourth-order valence-electron chi connectivity index (χ4n) is 1.70. The quantitative estimate of drug-likeness (QED) is 0.834. The van der Waals surface area contributed by atoms with E-state index in [4.69, 9.17) is 5.11 Å². The van der Waals surface area contributed by atoms with Crippen molar-refractivity contribution in [3.8, 4) is 0 Å². The fourth-order valence-corrected chi connectivity index (χ4v) is 1.70. The van der Waals surface area contributed by atoms with Gasteiger partial charge in [0.05, 0.1) is 5.92 Å². The van der Waals surface area contributed by atoms with Gasteiger partial charge in [-0.05, 0) is 31.4 Å². The molecule has 0 spiro atoms. The second-order valence-electron chi connectivity index (χ2n) is 4.90. The molecule has 0 aliphatic rings. The van der Waals surface area contributed by atoms with E-state index in [0.29, 0.717) is 23.6 Å². The molecule has 1 aromatic rings. The minimum absolute atomic E-state index is 0.287. The minimum Gasteiger partial charge on any atom is -0.481 e. The van der Waals surface area contributed by atoms with E-state index in [1.54, 1.807) is 19.2 Å². The second kappa shape index (κ2) is 5.71. The van der Waals surface area contributed by atoms with Crippen LogP contribution in [0.1, 0.15) is 37.8 Å². The first-order chi connectivity index (χ1) is 8.34. The lowest BCUT2D eigenvalue weighted by molar-refractivity contribution is -0.138. The van der Waals surface area contributed by atoms with Crippen molar-refractivity contribution >= 4 is 5.97 Å². The lowest BCUT2D eigenvalue weighted by atomic mass is 9.99. The van der Waals surface area contributed by atoms with E-state index >= 15 is 0 Å². The number of rotatable bonds is 5. The number of nitrogens with zero attached hydrogens (tertiary/aromatic N) is 1. The van der Waals surface area contributed by atoms with Crippen molar-refractivity contribution in [3.63, 3.8) is 0 Å². The maximum absolute atomic E-state index is 12.2. The molecule has 0 bridgehead atoms. The van der Waals surface area contributed by atoms with Crippen molar-refractivity contribution in [3.05, 3.63) is 33.7 Å². The van der Waals surface area contributed by atoms with Gasteiger partial charge in [0.15, 0.2) is 0 Å². The molecule has 0 radical (unpaired) electrons. The van der Waals surface area contributed by atoms with Crippen LogP contribution in [0.3, 0.4) is 0 Å². The van der Waals surface area contributed by atoms with E-state index in [9.17, 15) is 9.59 Å². The molecule has 1 unspecified atom stereocenters. The third kappa shape index (κ3) is 3.12. The number of aryl methyl sites for hydroxylation is 1. The van der Waals surface area contributed by atoms with Gasteiger partial charge >= 0.3 is 5.97 Å². The number of hydrogen-bond acceptors (Lipinski definition) is 3. The summed E-state index contributed by atoms with van der Waals surface area (Å²) in [5.74, 6) is -1.39. The van der Waals surface area contributed by atoms with E-state index in [1.165, 1.54) is 11.6 Å². The summed E-state index contributed by atoms with van der Waals surface area (Å²) in [7, 11) is 0. The number of carboxylic acids is 1. The van der Waals surface area contributed by atoms with Gasteiger partial charge in [0.25, 0.3) is 5.56 Å². The van der Waals surface area contributed by atoms with Crippen LogP contribution < -0.4 is 11.0 Å². The first-order valence-corrected chi connectivity index (χ1v) is 6.03. The van der Waals surface area contributed by atoms with Crippen LogP contribution in [0, 0.1) is 12.8 Å². The molecule has 0 aromatic carbocycles. The van der Waals surface area contributed by atoms with Crippen LogP contribution in [-0.4, -0.2) is 22.3 Å². The summed E-state index contributed by atoms with van der Waals surface area (Å²) < 4.78 is 1.36. The second-order valence-corrected chi connectivity index (χ2v) is 4.90. The maximum Gasteiger partial charge on any atom is 0.310 e. The molecule has 1 heterocycles. The third-order valence-electron chi connectivity index (χ3n) is 2.82. The molecule has 1 atom stereocenters. The Morgan fingerprint density at radius 1 is 1.44 bits per heavy atom. The van der Waals surface area contributed by atoms with Crippen molar-refractivity contribution in [2.24, 2.45) is 5.92 Å². The molecule has 100 valence electrons. The Bertz CT molecular complexity index is 491. The van der Waals surface area contributed by atoms with Crippen molar-refractivity contribution < 1.29 is 9.90 Å². The Hall–Kier alpha value is -1.78.